The molecule has 1 saturated heterocycles. The zero-order chi connectivity index (χ0) is 24.6. The van der Waals surface area contributed by atoms with Crippen LogP contribution < -0.4 is 5.32 Å². The summed E-state index contributed by atoms with van der Waals surface area (Å²) in [6, 6.07) is 10.8. The molecule has 0 radical (unpaired) electrons. The van der Waals surface area contributed by atoms with E-state index in [2.05, 4.69) is 5.32 Å². The Bertz CT molecular complexity index is 1040. The maximum absolute atomic E-state index is 13.8. The van der Waals surface area contributed by atoms with Crippen molar-refractivity contribution < 1.29 is 29.4 Å². The van der Waals surface area contributed by atoms with Gasteiger partial charge in [0, 0.05) is 17.1 Å². The molecule has 8 nitrogen and oxygen atoms in total. The molecular formula is C25H28N2O6. The van der Waals surface area contributed by atoms with Gasteiger partial charge in [0.05, 0.1) is 22.3 Å². The van der Waals surface area contributed by atoms with Gasteiger partial charge in [0.1, 0.15) is 0 Å². The highest BCUT2D eigenvalue weighted by atomic mass is 16.4. The minimum Gasteiger partial charge on any atom is -0.478 e. The van der Waals surface area contributed by atoms with Gasteiger partial charge in [-0.25, -0.2) is 9.59 Å². The van der Waals surface area contributed by atoms with Gasteiger partial charge in [-0.1, -0.05) is 24.3 Å². The van der Waals surface area contributed by atoms with E-state index in [1.54, 1.807) is 0 Å². The molecule has 2 amide bonds. The maximum atomic E-state index is 13.8. The lowest BCUT2D eigenvalue weighted by molar-refractivity contribution is 0.0366. The Morgan fingerprint density at radius 3 is 1.39 bits per heavy atom. The van der Waals surface area contributed by atoms with Gasteiger partial charge >= 0.3 is 11.9 Å². The van der Waals surface area contributed by atoms with E-state index >= 15 is 0 Å². The van der Waals surface area contributed by atoms with Crippen LogP contribution in [0.25, 0.3) is 0 Å². The highest BCUT2D eigenvalue weighted by molar-refractivity contribution is 6.16. The molecule has 33 heavy (non-hydrogen) atoms. The number of imide groups is 1. The second kappa shape index (κ2) is 8.78. The van der Waals surface area contributed by atoms with Gasteiger partial charge in [0.2, 0.25) is 0 Å². The monoisotopic (exact) mass is 452 g/mol. The number of carbonyl (C=O) groups is 4. The summed E-state index contributed by atoms with van der Waals surface area (Å²) in [5.41, 5.74) is -1.55. The third-order valence-corrected chi connectivity index (χ3v) is 5.75. The number of carboxylic acid groups (broad SMARTS) is 2. The Morgan fingerprint density at radius 1 is 0.727 bits per heavy atom. The second-order valence-electron chi connectivity index (χ2n) is 9.64. The van der Waals surface area contributed by atoms with Crippen LogP contribution in [0.15, 0.2) is 48.5 Å². The van der Waals surface area contributed by atoms with Gasteiger partial charge < -0.3 is 15.5 Å². The number of nitrogens with zero attached hydrogens (tertiary/aromatic N) is 1. The minimum atomic E-state index is -1.29. The lowest BCUT2D eigenvalue weighted by Gasteiger charge is -2.49. The van der Waals surface area contributed by atoms with Crippen LogP contribution in [0, 0.1) is 0 Å². The zero-order valence-electron chi connectivity index (χ0n) is 19.1. The highest BCUT2D eigenvalue weighted by Crippen LogP contribution is 2.33. The molecule has 2 aromatic rings. The Labute approximate surface area is 192 Å². The van der Waals surface area contributed by atoms with Crippen LogP contribution in [0.1, 0.15) is 82.0 Å². The highest BCUT2D eigenvalue weighted by Gasteiger charge is 2.44. The molecule has 174 valence electrons. The molecule has 1 aliphatic heterocycles. The molecule has 1 fully saturated rings. The van der Waals surface area contributed by atoms with E-state index in [1.165, 1.54) is 48.5 Å². The van der Waals surface area contributed by atoms with Crippen molar-refractivity contribution in [3.63, 3.8) is 0 Å². The Hall–Kier alpha value is -3.52. The number of hydrogen-bond acceptors (Lipinski definition) is 5. The van der Waals surface area contributed by atoms with Crippen LogP contribution in [0.3, 0.4) is 0 Å². The van der Waals surface area contributed by atoms with Gasteiger partial charge in [0.15, 0.2) is 0 Å². The molecule has 3 rings (SSSR count). The first-order valence-corrected chi connectivity index (χ1v) is 10.6. The van der Waals surface area contributed by atoms with Crippen molar-refractivity contribution in [1.29, 1.82) is 0 Å². The molecule has 0 unspecified atom stereocenters. The van der Waals surface area contributed by atoms with Crippen LogP contribution in [0.2, 0.25) is 0 Å². The fourth-order valence-corrected chi connectivity index (χ4v) is 4.85. The molecule has 8 heteroatoms. The van der Waals surface area contributed by atoms with E-state index in [0.29, 0.717) is 12.8 Å². The fraction of sp³-hybridized carbons (Fsp3) is 0.360. The van der Waals surface area contributed by atoms with Crippen molar-refractivity contribution in [2.24, 2.45) is 0 Å². The molecule has 0 bridgehead atoms. The molecule has 0 aliphatic carbocycles. The van der Waals surface area contributed by atoms with Crippen LogP contribution in [-0.4, -0.2) is 56.0 Å². The first kappa shape index (κ1) is 24.1. The van der Waals surface area contributed by atoms with Gasteiger partial charge in [-0.15, -0.1) is 0 Å². The molecule has 0 aromatic heterocycles. The number of rotatable bonds is 5. The zero-order valence-corrected chi connectivity index (χ0v) is 19.1. The summed E-state index contributed by atoms with van der Waals surface area (Å²) in [4.78, 5) is 52.1. The molecule has 0 saturated carbocycles. The summed E-state index contributed by atoms with van der Waals surface area (Å²) in [6.07, 6.45) is 0.830. The topological polar surface area (TPSA) is 124 Å². The number of amides is 2. The summed E-state index contributed by atoms with van der Waals surface area (Å²) < 4.78 is 0. The molecule has 1 aliphatic rings. The lowest BCUT2D eigenvalue weighted by Crippen LogP contribution is -2.63. The molecule has 3 N–H and O–H groups in total. The van der Waals surface area contributed by atoms with E-state index in [9.17, 15) is 29.4 Å². The van der Waals surface area contributed by atoms with Crippen LogP contribution in [0.5, 0.6) is 0 Å². The van der Waals surface area contributed by atoms with Crippen molar-refractivity contribution in [2.45, 2.75) is 57.7 Å². The van der Waals surface area contributed by atoms with E-state index < -0.39 is 40.9 Å². The average molecular weight is 453 g/mol. The van der Waals surface area contributed by atoms with Crippen molar-refractivity contribution >= 4 is 23.8 Å². The predicted octanol–water partition coefficient (Wildman–Crippen LogP) is 3.67. The van der Waals surface area contributed by atoms with E-state index in [1.807, 2.05) is 27.7 Å². The minimum absolute atomic E-state index is 0.125. The third kappa shape index (κ3) is 5.12. The van der Waals surface area contributed by atoms with E-state index in [-0.39, 0.29) is 22.3 Å². The van der Waals surface area contributed by atoms with E-state index in [4.69, 9.17) is 0 Å². The first-order valence-electron chi connectivity index (χ1n) is 10.6. The molecule has 2 aromatic carbocycles. The van der Waals surface area contributed by atoms with Crippen LogP contribution in [0.4, 0.5) is 0 Å². The Kier molecular flexibility index (Phi) is 6.42. The summed E-state index contributed by atoms with van der Waals surface area (Å²) in [6.45, 7) is 7.85. The Balaban J connectivity index is 2.18. The third-order valence-electron chi connectivity index (χ3n) is 5.75. The van der Waals surface area contributed by atoms with Gasteiger partial charge in [-0.05, 0) is 64.8 Å². The summed E-state index contributed by atoms with van der Waals surface area (Å²) in [5.74, 6) is -4.11. The van der Waals surface area contributed by atoms with Gasteiger partial charge in [-0.3, -0.25) is 14.5 Å². The quantitative estimate of drug-likeness (QED) is 0.591. The number of carbonyl (C=O) groups excluding carboxylic acids is 2. The number of aromatic carboxylic acids is 2. The molecular weight excluding hydrogens is 424 g/mol. The molecule has 0 spiro atoms. The predicted molar refractivity (Wildman–Crippen MR) is 122 cm³/mol. The smallest absolute Gasteiger partial charge is 0.336 e. The average Bonchev–Trinajstić information content (AvgIpc) is 2.71. The normalized spacial score (nSPS) is 17.2. The maximum Gasteiger partial charge on any atom is 0.336 e. The Morgan fingerprint density at radius 2 is 1.06 bits per heavy atom. The summed E-state index contributed by atoms with van der Waals surface area (Å²) >= 11 is 0. The van der Waals surface area contributed by atoms with Crippen molar-refractivity contribution in [2.75, 3.05) is 0 Å². The van der Waals surface area contributed by atoms with Gasteiger partial charge in [-0.2, -0.15) is 0 Å². The van der Waals surface area contributed by atoms with E-state index in [0.717, 1.165) is 4.90 Å². The standard InChI is InChI=1S/C25H28N2O6/c1-24(2)13-15(14-25(3,4)26-24)27(20(28)16-9-5-7-11-18(16)22(30)31)21(29)17-10-6-8-12-19(17)23(32)33/h5-12,15,26H,13-14H2,1-4H3,(H,30,31)(H,32,33). The molecule has 0 atom stereocenters. The fourth-order valence-electron chi connectivity index (χ4n) is 4.85. The van der Waals surface area contributed by atoms with Crippen molar-refractivity contribution in [1.82, 2.24) is 10.2 Å². The lowest BCUT2D eigenvalue weighted by atomic mass is 9.78. The number of nitrogens with one attached hydrogen (secondary N) is 1. The SMILES string of the molecule is CC1(C)CC(N(C(=O)c2ccccc2C(=O)O)C(=O)c2ccccc2C(=O)O)CC(C)(C)N1. The summed E-state index contributed by atoms with van der Waals surface area (Å²) in [5, 5.41) is 22.7. The number of hydrogen-bond donors (Lipinski definition) is 3. The second-order valence-corrected chi connectivity index (χ2v) is 9.64. The van der Waals surface area contributed by atoms with Crippen molar-refractivity contribution in [3.8, 4) is 0 Å². The van der Waals surface area contributed by atoms with Crippen LogP contribution in [-0.2, 0) is 0 Å². The number of benzene rings is 2. The first-order chi connectivity index (χ1) is 15.3. The van der Waals surface area contributed by atoms with Gasteiger partial charge in [0.25, 0.3) is 11.8 Å². The molecule has 1 heterocycles. The summed E-state index contributed by atoms with van der Waals surface area (Å²) in [7, 11) is 0. The number of piperidine rings is 1. The largest absolute Gasteiger partial charge is 0.478 e. The van der Waals surface area contributed by atoms with Crippen LogP contribution >= 0.6 is 0 Å². The van der Waals surface area contributed by atoms with Crippen molar-refractivity contribution in [3.05, 3.63) is 70.8 Å². The number of carboxylic acids is 2.